The Labute approximate surface area is 181 Å². The second kappa shape index (κ2) is 9.88. The molecule has 3 rings (SSSR count). The van der Waals surface area contributed by atoms with E-state index in [2.05, 4.69) is 20.3 Å². The van der Waals surface area contributed by atoms with Crippen molar-refractivity contribution in [2.75, 3.05) is 30.9 Å². The number of carbonyl (C=O) groups excluding carboxylic acids is 1. The number of nitrogen functional groups attached to an aromatic ring is 1. The number of anilines is 1. The van der Waals surface area contributed by atoms with Crippen molar-refractivity contribution < 1.29 is 33.7 Å². The smallest absolute Gasteiger partial charge is 0.343 e. The van der Waals surface area contributed by atoms with Gasteiger partial charge >= 0.3 is 7.28 Å². The third-order valence-electron chi connectivity index (χ3n) is 4.37. The Bertz CT molecular complexity index is 1050. The molecule has 2 unspecified atom stereocenters. The number of alkyl halides is 1. The third kappa shape index (κ3) is 5.60. The quantitative estimate of drug-likeness (QED) is 0.132. The SMILES string of the molecule is Nc1nc2c(ncn2[C@@H]2O[C@H](CPP(=O)(O)OCCNC(=O)CCl)[C@@H](O)[C@H]2O)c(=O)[nH]1. The maximum atomic E-state index is 12.2. The van der Waals surface area contributed by atoms with E-state index in [9.17, 15) is 29.3 Å². The maximum Gasteiger partial charge on any atom is 0.343 e. The van der Waals surface area contributed by atoms with Crippen LogP contribution in [0.5, 0.6) is 0 Å². The molecule has 2 aromatic heterocycles. The average molecular weight is 499 g/mol. The van der Waals surface area contributed by atoms with Crippen molar-refractivity contribution in [3.05, 3.63) is 16.7 Å². The first-order valence-electron chi connectivity index (χ1n) is 8.92. The minimum absolute atomic E-state index is 0.00684. The second-order valence-electron chi connectivity index (χ2n) is 6.52. The molecule has 7 N–H and O–H groups in total. The van der Waals surface area contributed by atoms with Crippen molar-refractivity contribution in [1.29, 1.82) is 0 Å². The van der Waals surface area contributed by atoms with Gasteiger partial charge < -0.3 is 35.4 Å². The molecular formula is C14H21ClN6O8P2. The summed E-state index contributed by atoms with van der Waals surface area (Å²) in [6.45, 7) is -0.196. The number of hydrogen-bond acceptors (Lipinski definition) is 10. The van der Waals surface area contributed by atoms with Crippen molar-refractivity contribution in [3.63, 3.8) is 0 Å². The number of amides is 1. The summed E-state index contributed by atoms with van der Waals surface area (Å²) in [6.07, 6.45) is -3.80. The van der Waals surface area contributed by atoms with Crippen LogP contribution in [-0.4, -0.2) is 84.0 Å². The first kappa shape index (κ1) is 24.0. The van der Waals surface area contributed by atoms with Crippen LogP contribution in [0.2, 0.25) is 0 Å². The Morgan fingerprint density at radius 3 is 2.94 bits per heavy atom. The summed E-state index contributed by atoms with van der Waals surface area (Å²) in [6, 6.07) is 0. The number of fused-ring (bicyclic) bond motifs is 1. The van der Waals surface area contributed by atoms with Crippen LogP contribution in [-0.2, 0) is 18.6 Å². The highest BCUT2D eigenvalue weighted by atomic mass is 35.5. The number of aromatic nitrogens is 4. The molecule has 0 aromatic carbocycles. The number of nitrogens with one attached hydrogen (secondary N) is 2. The van der Waals surface area contributed by atoms with E-state index in [0.717, 1.165) is 0 Å². The lowest BCUT2D eigenvalue weighted by molar-refractivity contribution is -0.118. The number of hydrogen-bond donors (Lipinski definition) is 6. The van der Waals surface area contributed by atoms with Gasteiger partial charge in [-0.2, -0.15) is 4.98 Å². The van der Waals surface area contributed by atoms with Crippen molar-refractivity contribution in [3.8, 4) is 0 Å². The van der Waals surface area contributed by atoms with Crippen LogP contribution in [0.15, 0.2) is 11.1 Å². The van der Waals surface area contributed by atoms with Crippen molar-refractivity contribution in [1.82, 2.24) is 24.8 Å². The van der Waals surface area contributed by atoms with Crippen LogP contribution in [0.4, 0.5) is 5.95 Å². The fourth-order valence-electron chi connectivity index (χ4n) is 2.92. The molecule has 172 valence electrons. The number of rotatable bonds is 9. The molecule has 0 aliphatic carbocycles. The Balaban J connectivity index is 1.62. The van der Waals surface area contributed by atoms with Gasteiger partial charge in [0.25, 0.3) is 5.56 Å². The molecule has 31 heavy (non-hydrogen) atoms. The first-order valence-corrected chi connectivity index (χ1v) is 13.1. The van der Waals surface area contributed by atoms with Gasteiger partial charge in [0.05, 0.1) is 19.0 Å². The van der Waals surface area contributed by atoms with Gasteiger partial charge in [0.1, 0.15) is 18.1 Å². The summed E-state index contributed by atoms with van der Waals surface area (Å²) in [5, 5.41) is 23.1. The number of halogens is 1. The van der Waals surface area contributed by atoms with Gasteiger partial charge in [-0.15, -0.1) is 11.6 Å². The average Bonchev–Trinajstić information content (AvgIpc) is 3.25. The number of carbonyl (C=O) groups is 1. The van der Waals surface area contributed by atoms with Gasteiger partial charge in [-0.05, 0) is 0 Å². The molecule has 3 heterocycles. The summed E-state index contributed by atoms with van der Waals surface area (Å²) >= 11 is 5.32. The van der Waals surface area contributed by atoms with E-state index in [1.54, 1.807) is 0 Å². The molecule has 0 bridgehead atoms. The van der Waals surface area contributed by atoms with Gasteiger partial charge in [-0.25, -0.2) is 4.98 Å². The topological polar surface area (TPSA) is 215 Å². The zero-order chi connectivity index (χ0) is 22.8. The highest BCUT2D eigenvalue weighted by Gasteiger charge is 2.45. The number of imidazole rings is 1. The standard InChI is InChI=1S/C14H21ClN6O8P2/c15-3-7(22)17-1-2-28-31(26,27)30-4-6-9(23)10(24)13(29-6)21-5-18-8-11(21)19-14(16)20-12(8)25/h5-6,9-10,13,23-24,30H,1-4H2,(H,17,22)(H,26,27)(H3,16,19,20,25)/t6-,9-,10-,13-/m1/s1. The van der Waals surface area contributed by atoms with E-state index in [1.807, 2.05) is 0 Å². The number of aliphatic hydroxyl groups is 2. The first-order chi connectivity index (χ1) is 14.6. The predicted molar refractivity (Wildman–Crippen MR) is 111 cm³/mol. The molecule has 1 saturated heterocycles. The lowest BCUT2D eigenvalue weighted by Crippen LogP contribution is -2.32. The number of aliphatic hydroxyl groups excluding tert-OH is 2. The summed E-state index contributed by atoms with van der Waals surface area (Å²) in [4.78, 5) is 43.1. The second-order valence-corrected chi connectivity index (χ2v) is 11.5. The third-order valence-corrected chi connectivity index (χ3v) is 8.26. The van der Waals surface area contributed by atoms with E-state index in [-0.39, 0.29) is 42.3 Å². The Kier molecular flexibility index (Phi) is 7.66. The predicted octanol–water partition coefficient (Wildman–Crippen LogP) is -1.53. The molecule has 0 saturated carbocycles. The fraction of sp³-hybridized carbons (Fsp3) is 0.571. The molecule has 0 radical (unpaired) electrons. The number of nitrogens with zero attached hydrogens (tertiary/aromatic N) is 3. The van der Waals surface area contributed by atoms with Crippen molar-refractivity contribution >= 4 is 50.2 Å². The minimum Gasteiger partial charge on any atom is -0.388 e. The van der Waals surface area contributed by atoms with Crippen LogP contribution < -0.4 is 16.6 Å². The molecule has 1 fully saturated rings. The Morgan fingerprint density at radius 1 is 1.48 bits per heavy atom. The molecule has 2 aromatic rings. The summed E-state index contributed by atoms with van der Waals surface area (Å²) in [5.41, 5.74) is 5.00. The maximum absolute atomic E-state index is 12.2. The number of nitrogens with two attached hydrogens (primary N) is 1. The van der Waals surface area contributed by atoms with Crippen LogP contribution in [0.1, 0.15) is 6.23 Å². The number of ether oxygens (including phenoxy) is 1. The zero-order valence-corrected chi connectivity index (χ0v) is 18.5. The number of aromatic amines is 1. The van der Waals surface area contributed by atoms with Gasteiger partial charge in [0.2, 0.25) is 11.9 Å². The van der Waals surface area contributed by atoms with Gasteiger partial charge in [-0.1, -0.05) is 0 Å². The summed E-state index contributed by atoms with van der Waals surface area (Å²) in [5.74, 6) is -0.832. The fourth-order valence-corrected chi connectivity index (χ4v) is 5.97. The van der Waals surface area contributed by atoms with E-state index >= 15 is 0 Å². The van der Waals surface area contributed by atoms with Crippen LogP contribution in [0.3, 0.4) is 0 Å². The van der Waals surface area contributed by atoms with Crippen molar-refractivity contribution in [2.24, 2.45) is 0 Å². The molecule has 1 aliphatic heterocycles. The van der Waals surface area contributed by atoms with Crippen LogP contribution in [0.25, 0.3) is 11.2 Å². The minimum atomic E-state index is -4.01. The molecule has 0 spiro atoms. The normalized spacial score (nSPS) is 25.9. The van der Waals surface area contributed by atoms with Gasteiger partial charge in [0, 0.05) is 21.0 Å². The number of H-pyrrole nitrogens is 1. The van der Waals surface area contributed by atoms with Crippen molar-refractivity contribution in [2.45, 2.75) is 24.5 Å². The Hall–Kier alpha value is -1.63. The molecule has 17 heteroatoms. The molecular weight excluding hydrogens is 478 g/mol. The molecule has 6 atom stereocenters. The molecule has 1 amide bonds. The Morgan fingerprint density at radius 2 is 2.23 bits per heavy atom. The van der Waals surface area contributed by atoms with E-state index in [1.165, 1.54) is 10.9 Å². The highest BCUT2D eigenvalue weighted by molar-refractivity contribution is 8.19. The highest BCUT2D eigenvalue weighted by Crippen LogP contribution is 2.61. The zero-order valence-electron chi connectivity index (χ0n) is 15.8. The van der Waals surface area contributed by atoms with E-state index in [4.69, 9.17) is 26.6 Å². The van der Waals surface area contributed by atoms with E-state index in [0.29, 0.717) is 0 Å². The lowest BCUT2D eigenvalue weighted by atomic mass is 10.1. The van der Waals surface area contributed by atoms with Crippen LogP contribution in [0, 0.1) is 0 Å². The monoisotopic (exact) mass is 498 g/mol. The summed E-state index contributed by atoms with van der Waals surface area (Å²) in [7, 11) is -4.67. The lowest BCUT2D eigenvalue weighted by Gasteiger charge is -2.17. The van der Waals surface area contributed by atoms with E-state index < -0.39 is 51.6 Å². The summed E-state index contributed by atoms with van der Waals surface area (Å²) < 4.78 is 24.0. The largest absolute Gasteiger partial charge is 0.388 e. The molecule has 1 aliphatic rings. The van der Waals surface area contributed by atoms with Gasteiger partial charge in [0.15, 0.2) is 17.4 Å². The molecule has 14 nitrogen and oxygen atoms in total. The van der Waals surface area contributed by atoms with Crippen LogP contribution >= 0.6 is 27.2 Å². The van der Waals surface area contributed by atoms with Gasteiger partial charge in [-0.3, -0.25) is 23.7 Å².